The van der Waals surface area contributed by atoms with Crippen molar-refractivity contribution in [3.05, 3.63) is 41.5 Å². The lowest BCUT2D eigenvalue weighted by molar-refractivity contribution is -0.120. The molecule has 0 fully saturated rings. The monoisotopic (exact) mass is 369 g/mol. The highest BCUT2D eigenvalue weighted by molar-refractivity contribution is 5.96. The number of nitrogens with zero attached hydrogens (tertiary/aromatic N) is 3. The first-order chi connectivity index (χ1) is 12.8. The fourth-order valence-electron chi connectivity index (χ4n) is 3.37. The molecule has 2 aromatic rings. The van der Waals surface area contributed by atoms with E-state index in [0.29, 0.717) is 18.8 Å². The number of rotatable bonds is 5. The summed E-state index contributed by atoms with van der Waals surface area (Å²) in [6.45, 7) is 4.86. The van der Waals surface area contributed by atoms with Crippen LogP contribution in [0.3, 0.4) is 0 Å². The number of hydrogen-bond donors (Lipinski definition) is 2. The molecule has 0 bridgehead atoms. The summed E-state index contributed by atoms with van der Waals surface area (Å²) >= 11 is 0. The van der Waals surface area contributed by atoms with Gasteiger partial charge in [0.05, 0.1) is 12.5 Å². The van der Waals surface area contributed by atoms with Crippen LogP contribution < -0.4 is 10.6 Å². The molecule has 27 heavy (non-hydrogen) atoms. The molecule has 0 saturated heterocycles. The first-order valence-corrected chi connectivity index (χ1v) is 9.20. The molecule has 144 valence electrons. The predicted molar refractivity (Wildman–Crippen MR) is 106 cm³/mol. The minimum absolute atomic E-state index is 0.00294. The molecule has 2 N–H and O–H groups in total. The van der Waals surface area contributed by atoms with Crippen LogP contribution in [0.4, 0.5) is 11.4 Å². The van der Waals surface area contributed by atoms with Crippen LogP contribution in [-0.2, 0) is 22.6 Å². The summed E-state index contributed by atoms with van der Waals surface area (Å²) in [7, 11) is 3.70. The number of carbonyl (C=O) groups is 2. The van der Waals surface area contributed by atoms with Gasteiger partial charge in [0.2, 0.25) is 11.8 Å². The first kappa shape index (κ1) is 19.1. The zero-order chi connectivity index (χ0) is 19.6. The van der Waals surface area contributed by atoms with Crippen LogP contribution in [0.2, 0.25) is 0 Å². The predicted octanol–water partition coefficient (Wildman–Crippen LogP) is 2.20. The van der Waals surface area contributed by atoms with E-state index in [-0.39, 0.29) is 17.7 Å². The van der Waals surface area contributed by atoms with E-state index in [9.17, 15) is 9.59 Å². The Morgan fingerprint density at radius 2 is 2.04 bits per heavy atom. The zero-order valence-electron chi connectivity index (χ0n) is 16.4. The molecule has 7 heteroatoms. The Bertz CT molecular complexity index is 856. The molecule has 7 nitrogen and oxygen atoms in total. The van der Waals surface area contributed by atoms with Gasteiger partial charge in [0.25, 0.3) is 0 Å². The summed E-state index contributed by atoms with van der Waals surface area (Å²) in [6, 6.07) is 5.59. The van der Waals surface area contributed by atoms with Gasteiger partial charge in [0.1, 0.15) is 5.82 Å². The number of imidazole rings is 1. The summed E-state index contributed by atoms with van der Waals surface area (Å²) in [4.78, 5) is 30.9. The zero-order valence-corrected chi connectivity index (χ0v) is 16.4. The van der Waals surface area contributed by atoms with Crippen molar-refractivity contribution in [2.75, 3.05) is 31.3 Å². The molecule has 1 aromatic carbocycles. The molecular formula is C20H27N5O2. The van der Waals surface area contributed by atoms with Crippen molar-refractivity contribution < 1.29 is 9.59 Å². The van der Waals surface area contributed by atoms with E-state index in [1.807, 2.05) is 57.2 Å². The third kappa shape index (κ3) is 4.54. The van der Waals surface area contributed by atoms with Crippen LogP contribution >= 0.6 is 0 Å². The highest BCUT2D eigenvalue weighted by Crippen LogP contribution is 2.25. The maximum absolute atomic E-state index is 12.7. The van der Waals surface area contributed by atoms with Crippen LogP contribution in [0, 0.1) is 19.8 Å². The molecule has 1 atom stereocenters. The summed E-state index contributed by atoms with van der Waals surface area (Å²) in [5, 5.41) is 5.91. The Labute approximate surface area is 159 Å². The SMILES string of the molecule is Cc1ccc(NC(=O)C2CCc3cnc(C)n3C2)cc1NC(=O)CN(C)C. The van der Waals surface area contributed by atoms with Crippen molar-refractivity contribution in [1.82, 2.24) is 14.5 Å². The van der Waals surface area contributed by atoms with E-state index in [1.54, 1.807) is 0 Å². The number of benzene rings is 1. The molecule has 2 heterocycles. The van der Waals surface area contributed by atoms with Crippen molar-refractivity contribution in [2.24, 2.45) is 5.92 Å². The Kier molecular flexibility index (Phi) is 5.60. The van der Waals surface area contributed by atoms with Gasteiger partial charge in [-0.25, -0.2) is 4.98 Å². The van der Waals surface area contributed by atoms with E-state index in [1.165, 1.54) is 5.69 Å². The summed E-state index contributed by atoms with van der Waals surface area (Å²) in [5.41, 5.74) is 3.56. The quantitative estimate of drug-likeness (QED) is 0.847. The van der Waals surface area contributed by atoms with Crippen LogP contribution in [0.1, 0.15) is 23.5 Å². The van der Waals surface area contributed by atoms with E-state index in [4.69, 9.17) is 0 Å². The number of amides is 2. The molecule has 1 aliphatic heterocycles. The average Bonchev–Trinajstić information content (AvgIpc) is 2.97. The van der Waals surface area contributed by atoms with Crippen LogP contribution in [0.15, 0.2) is 24.4 Å². The van der Waals surface area contributed by atoms with Crippen molar-refractivity contribution in [3.63, 3.8) is 0 Å². The van der Waals surface area contributed by atoms with Crippen LogP contribution in [-0.4, -0.2) is 46.9 Å². The van der Waals surface area contributed by atoms with Crippen molar-refractivity contribution in [3.8, 4) is 0 Å². The largest absolute Gasteiger partial charge is 0.331 e. The van der Waals surface area contributed by atoms with Gasteiger partial charge in [0, 0.05) is 29.8 Å². The standard InChI is InChI=1S/C20H27N5O2/c1-13-5-7-16(9-18(13)23-19(26)12-24(3)4)22-20(27)15-6-8-17-10-21-14(2)25(17)11-15/h5,7,9-10,15H,6,8,11-12H2,1-4H3,(H,22,27)(H,23,26). The minimum atomic E-state index is -0.0847. The normalized spacial score (nSPS) is 16.1. The molecule has 1 aliphatic rings. The maximum atomic E-state index is 12.7. The molecule has 1 aromatic heterocycles. The average molecular weight is 369 g/mol. The van der Waals surface area contributed by atoms with Crippen molar-refractivity contribution in [1.29, 1.82) is 0 Å². The number of anilines is 2. The topological polar surface area (TPSA) is 79.3 Å². The van der Waals surface area contributed by atoms with Gasteiger partial charge in [-0.15, -0.1) is 0 Å². The van der Waals surface area contributed by atoms with Gasteiger partial charge in [-0.05, 0) is 58.5 Å². The van der Waals surface area contributed by atoms with Gasteiger partial charge >= 0.3 is 0 Å². The Morgan fingerprint density at radius 1 is 1.26 bits per heavy atom. The number of fused-ring (bicyclic) bond motifs is 1. The third-order valence-corrected chi connectivity index (χ3v) is 4.90. The number of hydrogen-bond acceptors (Lipinski definition) is 4. The second-order valence-corrected chi connectivity index (χ2v) is 7.45. The number of likely N-dealkylation sites (N-methyl/N-ethyl adjacent to an activating group) is 1. The van der Waals surface area contributed by atoms with Crippen LogP contribution in [0.25, 0.3) is 0 Å². The molecule has 0 radical (unpaired) electrons. The summed E-state index contributed by atoms with van der Waals surface area (Å²) in [5.74, 6) is 0.785. The Hall–Kier alpha value is -2.67. The lowest BCUT2D eigenvalue weighted by Gasteiger charge is -2.24. The number of nitrogens with one attached hydrogen (secondary N) is 2. The number of aryl methyl sites for hydroxylation is 3. The van der Waals surface area contributed by atoms with Crippen LogP contribution in [0.5, 0.6) is 0 Å². The molecule has 3 rings (SSSR count). The fourth-order valence-corrected chi connectivity index (χ4v) is 3.37. The van der Waals surface area contributed by atoms with E-state index in [2.05, 4.69) is 20.2 Å². The Balaban J connectivity index is 1.67. The highest BCUT2D eigenvalue weighted by atomic mass is 16.2. The second-order valence-electron chi connectivity index (χ2n) is 7.45. The lowest BCUT2D eigenvalue weighted by Crippen LogP contribution is -2.31. The van der Waals surface area contributed by atoms with Gasteiger partial charge in [-0.1, -0.05) is 6.07 Å². The Morgan fingerprint density at radius 3 is 2.78 bits per heavy atom. The summed E-state index contributed by atoms with van der Waals surface area (Å²) in [6.07, 6.45) is 3.57. The highest BCUT2D eigenvalue weighted by Gasteiger charge is 2.26. The molecule has 1 unspecified atom stereocenters. The van der Waals surface area contributed by atoms with E-state index < -0.39 is 0 Å². The number of aromatic nitrogens is 2. The lowest BCUT2D eigenvalue weighted by atomic mass is 9.97. The maximum Gasteiger partial charge on any atom is 0.238 e. The molecular weight excluding hydrogens is 342 g/mol. The summed E-state index contributed by atoms with van der Waals surface area (Å²) < 4.78 is 2.12. The first-order valence-electron chi connectivity index (χ1n) is 9.20. The van der Waals surface area contributed by atoms with E-state index >= 15 is 0 Å². The van der Waals surface area contributed by atoms with Gasteiger partial charge in [-0.2, -0.15) is 0 Å². The molecule has 2 amide bonds. The molecule has 0 saturated carbocycles. The van der Waals surface area contributed by atoms with Gasteiger partial charge in [-0.3, -0.25) is 9.59 Å². The fraction of sp³-hybridized carbons (Fsp3) is 0.450. The van der Waals surface area contributed by atoms with Gasteiger partial charge in [0.15, 0.2) is 0 Å². The third-order valence-electron chi connectivity index (χ3n) is 4.90. The molecule has 0 spiro atoms. The smallest absolute Gasteiger partial charge is 0.238 e. The second kappa shape index (κ2) is 7.92. The van der Waals surface area contributed by atoms with Gasteiger partial charge < -0.3 is 20.1 Å². The molecule has 0 aliphatic carbocycles. The van der Waals surface area contributed by atoms with E-state index in [0.717, 1.165) is 29.9 Å². The van der Waals surface area contributed by atoms with Crippen molar-refractivity contribution in [2.45, 2.75) is 33.2 Å². The number of carbonyl (C=O) groups excluding carboxylic acids is 2. The minimum Gasteiger partial charge on any atom is -0.331 e. The van der Waals surface area contributed by atoms with Crippen molar-refractivity contribution >= 4 is 23.2 Å².